The van der Waals surface area contributed by atoms with E-state index < -0.39 is 6.10 Å². The quantitative estimate of drug-likeness (QED) is 0.775. The number of amides is 1. The molecule has 0 aliphatic carbocycles. The number of carbonyl (C=O) groups excluding carboxylic acids is 1. The molecule has 0 saturated carbocycles. The lowest BCUT2D eigenvalue weighted by atomic mass is 10.0. The molecule has 0 aliphatic heterocycles. The van der Waals surface area contributed by atoms with E-state index >= 15 is 0 Å². The van der Waals surface area contributed by atoms with Crippen molar-refractivity contribution < 1.29 is 14.6 Å². The molecule has 1 aromatic carbocycles. The zero-order chi connectivity index (χ0) is 12.7. The van der Waals surface area contributed by atoms with E-state index in [1.165, 1.54) is 7.11 Å². The summed E-state index contributed by atoms with van der Waals surface area (Å²) in [6, 6.07) is 7.46. The van der Waals surface area contributed by atoms with Gasteiger partial charge in [0.15, 0.2) is 0 Å². The number of aliphatic hydroxyl groups is 1. The molecular weight excluding hydrogens is 218 g/mol. The van der Waals surface area contributed by atoms with Crippen LogP contribution in [0.15, 0.2) is 24.3 Å². The first-order chi connectivity index (χ1) is 8.19. The maximum absolute atomic E-state index is 11.9. The Bertz CT molecular complexity index is 365. The normalized spacial score (nSPS) is 12.2. The zero-order valence-corrected chi connectivity index (χ0v) is 10.3. The van der Waals surface area contributed by atoms with E-state index in [1.54, 1.807) is 6.07 Å². The predicted molar refractivity (Wildman–Crippen MR) is 66.0 cm³/mol. The second kappa shape index (κ2) is 7.04. The summed E-state index contributed by atoms with van der Waals surface area (Å²) >= 11 is 0. The Kier molecular flexibility index (Phi) is 5.66. The van der Waals surface area contributed by atoms with Gasteiger partial charge in [0, 0.05) is 19.2 Å². The largest absolute Gasteiger partial charge is 0.389 e. The fraction of sp³-hybridized carbons (Fsp3) is 0.462. The first-order valence-electron chi connectivity index (χ1n) is 5.72. The van der Waals surface area contributed by atoms with Crippen molar-refractivity contribution >= 4 is 5.91 Å². The maximum Gasteiger partial charge on any atom is 0.251 e. The zero-order valence-electron chi connectivity index (χ0n) is 10.3. The Morgan fingerprint density at radius 2 is 2.18 bits per heavy atom. The Morgan fingerprint density at radius 1 is 1.47 bits per heavy atom. The minimum atomic E-state index is -0.669. The van der Waals surface area contributed by atoms with Crippen LogP contribution in [0.25, 0.3) is 0 Å². The Balaban J connectivity index is 2.58. The molecule has 4 nitrogen and oxygen atoms in total. The van der Waals surface area contributed by atoms with Gasteiger partial charge in [-0.15, -0.1) is 0 Å². The first-order valence-corrected chi connectivity index (χ1v) is 5.72. The number of ether oxygens (including phenoxy) is 1. The first kappa shape index (κ1) is 13.7. The third kappa shape index (κ3) is 4.17. The highest BCUT2D eigenvalue weighted by molar-refractivity contribution is 5.95. The van der Waals surface area contributed by atoms with Crippen LogP contribution in [0.4, 0.5) is 0 Å². The van der Waals surface area contributed by atoms with Gasteiger partial charge in [-0.25, -0.2) is 0 Å². The summed E-state index contributed by atoms with van der Waals surface area (Å²) in [5.41, 5.74) is 1.67. The molecule has 0 radical (unpaired) electrons. The second-order valence-electron chi connectivity index (χ2n) is 3.83. The van der Waals surface area contributed by atoms with Gasteiger partial charge in [0.1, 0.15) is 0 Å². The Morgan fingerprint density at radius 3 is 2.82 bits per heavy atom. The van der Waals surface area contributed by atoms with Crippen LogP contribution in [0.2, 0.25) is 0 Å². The number of aryl methyl sites for hydroxylation is 1. The molecule has 17 heavy (non-hydrogen) atoms. The van der Waals surface area contributed by atoms with Crippen molar-refractivity contribution in [2.45, 2.75) is 19.4 Å². The summed E-state index contributed by atoms with van der Waals surface area (Å²) in [6.07, 6.45) is 0.141. The average Bonchev–Trinajstić information content (AvgIpc) is 2.36. The maximum atomic E-state index is 11.9. The molecule has 1 amide bonds. The SMILES string of the molecule is CCc1ccccc1C(=O)NCC(O)COC. The molecule has 4 heteroatoms. The lowest BCUT2D eigenvalue weighted by Gasteiger charge is -2.12. The van der Waals surface area contributed by atoms with Gasteiger partial charge in [-0.2, -0.15) is 0 Å². The smallest absolute Gasteiger partial charge is 0.251 e. The number of methoxy groups -OCH3 is 1. The highest BCUT2D eigenvalue weighted by atomic mass is 16.5. The van der Waals surface area contributed by atoms with Gasteiger partial charge in [0.2, 0.25) is 0 Å². The van der Waals surface area contributed by atoms with Crippen molar-refractivity contribution in [3.05, 3.63) is 35.4 Å². The topological polar surface area (TPSA) is 58.6 Å². The number of hydrogen-bond donors (Lipinski definition) is 2. The van der Waals surface area contributed by atoms with Gasteiger partial charge in [0.05, 0.1) is 12.7 Å². The molecule has 0 heterocycles. The van der Waals surface area contributed by atoms with Crippen LogP contribution < -0.4 is 5.32 Å². The molecule has 1 atom stereocenters. The van der Waals surface area contributed by atoms with Crippen molar-refractivity contribution in [1.82, 2.24) is 5.32 Å². The van der Waals surface area contributed by atoms with Crippen LogP contribution in [0.3, 0.4) is 0 Å². The summed E-state index contributed by atoms with van der Waals surface area (Å²) in [5.74, 6) is -0.155. The standard InChI is InChI=1S/C13H19NO3/c1-3-10-6-4-5-7-12(10)13(16)14-8-11(15)9-17-2/h4-7,11,15H,3,8-9H2,1-2H3,(H,14,16). The fourth-order valence-electron chi connectivity index (χ4n) is 1.61. The lowest BCUT2D eigenvalue weighted by molar-refractivity contribution is 0.0609. The molecule has 94 valence electrons. The highest BCUT2D eigenvalue weighted by Gasteiger charge is 2.11. The number of rotatable bonds is 6. The highest BCUT2D eigenvalue weighted by Crippen LogP contribution is 2.08. The molecule has 0 aromatic heterocycles. The van der Waals surface area contributed by atoms with Crippen LogP contribution in [0.1, 0.15) is 22.8 Å². The van der Waals surface area contributed by atoms with Gasteiger partial charge < -0.3 is 15.2 Å². The Hall–Kier alpha value is -1.39. The summed E-state index contributed by atoms with van der Waals surface area (Å²) < 4.78 is 4.79. The summed E-state index contributed by atoms with van der Waals surface area (Å²) in [5, 5.41) is 12.1. The van der Waals surface area contributed by atoms with Crippen molar-refractivity contribution in [2.75, 3.05) is 20.3 Å². The van der Waals surface area contributed by atoms with E-state index in [4.69, 9.17) is 4.74 Å². The van der Waals surface area contributed by atoms with Crippen molar-refractivity contribution in [3.63, 3.8) is 0 Å². The second-order valence-corrected chi connectivity index (χ2v) is 3.83. The van der Waals surface area contributed by atoms with Crippen molar-refractivity contribution in [3.8, 4) is 0 Å². The molecular formula is C13H19NO3. The van der Waals surface area contributed by atoms with Gasteiger partial charge in [-0.3, -0.25) is 4.79 Å². The number of carbonyl (C=O) groups is 1. The molecule has 1 rings (SSSR count). The minimum Gasteiger partial charge on any atom is -0.389 e. The van der Waals surface area contributed by atoms with E-state index in [-0.39, 0.29) is 19.1 Å². The van der Waals surface area contributed by atoms with Gasteiger partial charge >= 0.3 is 0 Å². The molecule has 0 bridgehead atoms. The van der Waals surface area contributed by atoms with E-state index in [0.717, 1.165) is 12.0 Å². The van der Waals surface area contributed by atoms with Crippen molar-refractivity contribution in [1.29, 1.82) is 0 Å². The van der Waals surface area contributed by atoms with Gasteiger partial charge in [-0.1, -0.05) is 25.1 Å². The molecule has 0 fully saturated rings. The van der Waals surface area contributed by atoms with Crippen LogP contribution in [-0.4, -0.2) is 37.4 Å². The van der Waals surface area contributed by atoms with E-state index in [9.17, 15) is 9.90 Å². The van der Waals surface area contributed by atoms with Crippen LogP contribution >= 0.6 is 0 Å². The van der Waals surface area contributed by atoms with Crippen LogP contribution in [-0.2, 0) is 11.2 Å². The van der Waals surface area contributed by atoms with Crippen LogP contribution in [0, 0.1) is 0 Å². The number of benzene rings is 1. The number of nitrogens with one attached hydrogen (secondary N) is 1. The molecule has 0 aliphatic rings. The molecule has 2 N–H and O–H groups in total. The van der Waals surface area contributed by atoms with Crippen LogP contribution in [0.5, 0.6) is 0 Å². The lowest BCUT2D eigenvalue weighted by Crippen LogP contribution is -2.34. The third-order valence-corrected chi connectivity index (χ3v) is 2.50. The number of hydrogen-bond acceptors (Lipinski definition) is 3. The molecule has 0 spiro atoms. The van der Waals surface area contributed by atoms with E-state index in [2.05, 4.69) is 5.32 Å². The third-order valence-electron chi connectivity index (χ3n) is 2.50. The van der Waals surface area contributed by atoms with E-state index in [0.29, 0.717) is 5.56 Å². The van der Waals surface area contributed by atoms with Crippen molar-refractivity contribution in [2.24, 2.45) is 0 Å². The summed E-state index contributed by atoms with van der Waals surface area (Å²) in [4.78, 5) is 11.9. The predicted octanol–water partition coefficient (Wildman–Crippen LogP) is 0.986. The molecule has 1 aromatic rings. The van der Waals surface area contributed by atoms with E-state index in [1.807, 2.05) is 25.1 Å². The monoisotopic (exact) mass is 237 g/mol. The molecule has 1 unspecified atom stereocenters. The van der Waals surface area contributed by atoms with Gasteiger partial charge in [0.25, 0.3) is 5.91 Å². The minimum absolute atomic E-state index is 0.155. The fourth-order valence-corrected chi connectivity index (χ4v) is 1.61. The summed E-state index contributed by atoms with van der Waals surface area (Å²) in [6.45, 7) is 2.42. The Labute approximate surface area is 102 Å². The molecule has 0 saturated heterocycles. The summed E-state index contributed by atoms with van der Waals surface area (Å²) in [7, 11) is 1.51. The number of aliphatic hydroxyl groups excluding tert-OH is 1. The average molecular weight is 237 g/mol. The van der Waals surface area contributed by atoms with Gasteiger partial charge in [-0.05, 0) is 18.1 Å².